The van der Waals surface area contributed by atoms with Crippen LogP contribution in [-0.2, 0) is 9.53 Å². The molecular formula is C16H24N2O2. The minimum Gasteiger partial charge on any atom is -0.370 e. The molecule has 2 rings (SSSR count). The molecule has 1 aromatic carbocycles. The maximum atomic E-state index is 10.6. The molecule has 1 fully saturated rings. The van der Waals surface area contributed by atoms with Crippen LogP contribution in [-0.4, -0.2) is 19.1 Å². The van der Waals surface area contributed by atoms with Crippen molar-refractivity contribution in [1.82, 2.24) is 0 Å². The number of amides is 1. The molecule has 4 nitrogen and oxygen atoms in total. The van der Waals surface area contributed by atoms with E-state index in [9.17, 15) is 4.79 Å². The molecule has 1 saturated carbocycles. The van der Waals surface area contributed by atoms with Crippen LogP contribution >= 0.6 is 0 Å². The van der Waals surface area contributed by atoms with Gasteiger partial charge in [0, 0.05) is 0 Å². The van der Waals surface area contributed by atoms with Gasteiger partial charge in [-0.1, -0.05) is 43.5 Å². The van der Waals surface area contributed by atoms with E-state index in [0.29, 0.717) is 12.5 Å². The second-order valence-electron chi connectivity index (χ2n) is 5.59. The van der Waals surface area contributed by atoms with Gasteiger partial charge in [0.25, 0.3) is 0 Å². The van der Waals surface area contributed by atoms with E-state index in [0.717, 1.165) is 5.56 Å². The maximum Gasteiger partial charge on any atom is 0.243 e. The molecule has 110 valence electrons. The van der Waals surface area contributed by atoms with E-state index in [1.54, 1.807) is 0 Å². The number of hydrogen-bond acceptors (Lipinski definition) is 3. The van der Waals surface area contributed by atoms with E-state index < -0.39 is 5.91 Å². The Morgan fingerprint density at radius 2 is 1.85 bits per heavy atom. The summed E-state index contributed by atoms with van der Waals surface area (Å²) in [6.45, 7) is 0.236. The van der Waals surface area contributed by atoms with Crippen molar-refractivity contribution in [3.8, 4) is 0 Å². The molecule has 1 amide bonds. The normalized spacial score (nSPS) is 17.9. The Balaban J connectivity index is 1.88. The summed E-state index contributed by atoms with van der Waals surface area (Å²) >= 11 is 0. The summed E-state index contributed by atoms with van der Waals surface area (Å²) in [6.07, 6.45) is 6.65. The standard InChI is InChI=1S/C16H24N2O2/c17-15(10-20-11-16(18)19)14-8-6-13(7-9-14)12-4-2-1-3-5-12/h6-9,12,15H,1-5,10-11,17H2,(H2,18,19). The van der Waals surface area contributed by atoms with Crippen LogP contribution in [0.25, 0.3) is 0 Å². The number of ether oxygens (including phenoxy) is 1. The molecular weight excluding hydrogens is 252 g/mol. The first-order valence-corrected chi connectivity index (χ1v) is 7.38. The van der Waals surface area contributed by atoms with Crippen LogP contribution in [0.15, 0.2) is 24.3 Å². The van der Waals surface area contributed by atoms with Gasteiger partial charge in [-0.15, -0.1) is 0 Å². The average molecular weight is 276 g/mol. The van der Waals surface area contributed by atoms with Crippen molar-refractivity contribution in [3.05, 3.63) is 35.4 Å². The van der Waals surface area contributed by atoms with Crippen LogP contribution in [0.4, 0.5) is 0 Å². The number of rotatable bonds is 6. The zero-order valence-electron chi connectivity index (χ0n) is 11.9. The van der Waals surface area contributed by atoms with Crippen molar-refractivity contribution in [1.29, 1.82) is 0 Å². The maximum absolute atomic E-state index is 10.6. The van der Waals surface area contributed by atoms with Gasteiger partial charge in [-0.2, -0.15) is 0 Å². The first-order chi connectivity index (χ1) is 9.66. The minimum atomic E-state index is -0.468. The van der Waals surface area contributed by atoms with Gasteiger partial charge in [0.2, 0.25) is 5.91 Å². The third-order valence-corrected chi connectivity index (χ3v) is 3.98. The lowest BCUT2D eigenvalue weighted by atomic mass is 9.84. The first kappa shape index (κ1) is 15.0. The highest BCUT2D eigenvalue weighted by Gasteiger charge is 2.15. The van der Waals surface area contributed by atoms with Crippen LogP contribution in [0.3, 0.4) is 0 Å². The fourth-order valence-corrected chi connectivity index (χ4v) is 2.83. The second kappa shape index (κ2) is 7.41. The highest BCUT2D eigenvalue weighted by molar-refractivity contribution is 5.74. The van der Waals surface area contributed by atoms with E-state index in [1.807, 2.05) is 0 Å². The fraction of sp³-hybridized carbons (Fsp3) is 0.562. The van der Waals surface area contributed by atoms with E-state index >= 15 is 0 Å². The Labute approximate surface area is 120 Å². The summed E-state index contributed by atoms with van der Waals surface area (Å²) < 4.78 is 5.16. The largest absolute Gasteiger partial charge is 0.370 e. The summed E-state index contributed by atoms with van der Waals surface area (Å²) in [5.41, 5.74) is 13.5. The SMILES string of the molecule is NC(=O)COCC(N)c1ccc(C2CCCCC2)cc1. The lowest BCUT2D eigenvalue weighted by Gasteiger charge is -2.22. The van der Waals surface area contributed by atoms with E-state index in [4.69, 9.17) is 16.2 Å². The molecule has 0 saturated heterocycles. The summed E-state index contributed by atoms with van der Waals surface area (Å²) in [7, 11) is 0. The van der Waals surface area contributed by atoms with Crippen molar-refractivity contribution < 1.29 is 9.53 Å². The predicted octanol–water partition coefficient (Wildman–Crippen LogP) is 2.24. The van der Waals surface area contributed by atoms with Crippen molar-refractivity contribution in [2.24, 2.45) is 11.5 Å². The summed E-state index contributed by atoms with van der Waals surface area (Å²) in [5, 5.41) is 0. The van der Waals surface area contributed by atoms with Gasteiger partial charge in [0.15, 0.2) is 0 Å². The number of nitrogens with two attached hydrogens (primary N) is 2. The molecule has 1 atom stereocenters. The van der Waals surface area contributed by atoms with Crippen molar-refractivity contribution in [3.63, 3.8) is 0 Å². The molecule has 0 bridgehead atoms. The van der Waals surface area contributed by atoms with Gasteiger partial charge in [0.1, 0.15) is 6.61 Å². The van der Waals surface area contributed by atoms with Crippen molar-refractivity contribution in [2.75, 3.05) is 13.2 Å². The van der Waals surface area contributed by atoms with Gasteiger partial charge in [-0.25, -0.2) is 0 Å². The zero-order valence-corrected chi connectivity index (χ0v) is 11.9. The Kier molecular flexibility index (Phi) is 5.56. The van der Waals surface area contributed by atoms with Crippen LogP contribution < -0.4 is 11.5 Å². The Morgan fingerprint density at radius 3 is 2.45 bits per heavy atom. The van der Waals surface area contributed by atoms with Crippen LogP contribution in [0.1, 0.15) is 55.2 Å². The Bertz CT molecular complexity index is 425. The molecule has 1 aliphatic carbocycles. The van der Waals surface area contributed by atoms with Crippen LogP contribution in [0, 0.1) is 0 Å². The molecule has 0 radical (unpaired) electrons. The van der Waals surface area contributed by atoms with Crippen molar-refractivity contribution >= 4 is 5.91 Å². The predicted molar refractivity (Wildman–Crippen MR) is 79.2 cm³/mol. The highest BCUT2D eigenvalue weighted by Crippen LogP contribution is 2.32. The molecule has 20 heavy (non-hydrogen) atoms. The molecule has 1 aromatic rings. The van der Waals surface area contributed by atoms with E-state index in [2.05, 4.69) is 24.3 Å². The van der Waals surface area contributed by atoms with Gasteiger partial charge in [-0.3, -0.25) is 4.79 Å². The average Bonchev–Trinajstić information content (AvgIpc) is 2.48. The Morgan fingerprint density at radius 1 is 1.20 bits per heavy atom. The molecule has 4 N–H and O–H groups in total. The number of carbonyl (C=O) groups is 1. The monoisotopic (exact) mass is 276 g/mol. The highest BCUT2D eigenvalue weighted by atomic mass is 16.5. The van der Waals surface area contributed by atoms with E-state index in [1.165, 1.54) is 37.7 Å². The van der Waals surface area contributed by atoms with Crippen molar-refractivity contribution in [2.45, 2.75) is 44.1 Å². The fourth-order valence-electron chi connectivity index (χ4n) is 2.83. The lowest BCUT2D eigenvalue weighted by Crippen LogP contribution is -2.23. The lowest BCUT2D eigenvalue weighted by molar-refractivity contribution is -0.122. The second-order valence-corrected chi connectivity index (χ2v) is 5.59. The van der Waals surface area contributed by atoms with Gasteiger partial charge < -0.3 is 16.2 Å². The molecule has 0 aliphatic heterocycles. The summed E-state index contributed by atoms with van der Waals surface area (Å²) in [4.78, 5) is 10.6. The quantitative estimate of drug-likeness (QED) is 0.836. The van der Waals surface area contributed by atoms with E-state index in [-0.39, 0.29) is 12.6 Å². The molecule has 1 aliphatic rings. The third-order valence-electron chi connectivity index (χ3n) is 3.98. The molecule has 4 heteroatoms. The Hall–Kier alpha value is -1.39. The zero-order chi connectivity index (χ0) is 14.4. The van der Waals surface area contributed by atoms with Crippen LogP contribution in [0.2, 0.25) is 0 Å². The third kappa shape index (κ3) is 4.32. The number of carbonyl (C=O) groups excluding carboxylic acids is 1. The smallest absolute Gasteiger partial charge is 0.243 e. The number of primary amides is 1. The molecule has 0 heterocycles. The van der Waals surface area contributed by atoms with Crippen LogP contribution in [0.5, 0.6) is 0 Å². The first-order valence-electron chi connectivity index (χ1n) is 7.38. The van der Waals surface area contributed by atoms with Gasteiger partial charge >= 0.3 is 0 Å². The topological polar surface area (TPSA) is 78.3 Å². The van der Waals surface area contributed by atoms with Gasteiger partial charge in [0.05, 0.1) is 12.6 Å². The molecule has 0 aromatic heterocycles. The number of benzene rings is 1. The summed E-state index contributed by atoms with van der Waals surface area (Å²) in [6, 6.07) is 8.29. The van der Waals surface area contributed by atoms with Gasteiger partial charge in [-0.05, 0) is 29.9 Å². The summed E-state index contributed by atoms with van der Waals surface area (Å²) in [5.74, 6) is 0.241. The number of hydrogen-bond donors (Lipinski definition) is 2. The molecule has 0 spiro atoms. The minimum absolute atomic E-state index is 0.0755. The molecule has 1 unspecified atom stereocenters.